The van der Waals surface area contributed by atoms with E-state index < -0.39 is 11.5 Å². The molecule has 2 rings (SSSR count). The monoisotopic (exact) mass is 257 g/mol. The zero-order chi connectivity index (χ0) is 14.0. The molecule has 0 aliphatic heterocycles. The molecule has 0 aliphatic rings. The van der Waals surface area contributed by atoms with Crippen molar-refractivity contribution in [2.45, 2.75) is 20.3 Å². The summed E-state index contributed by atoms with van der Waals surface area (Å²) in [7, 11) is 0. The first-order valence-electron chi connectivity index (χ1n) is 6.10. The molecule has 0 aliphatic carbocycles. The summed E-state index contributed by atoms with van der Waals surface area (Å²) < 4.78 is 1.46. The highest BCUT2D eigenvalue weighted by Gasteiger charge is 2.14. The van der Waals surface area contributed by atoms with Crippen LogP contribution in [0.4, 0.5) is 0 Å². The standard InChI is InChI=1S/C15H15NO3/c1-3-11-6-4-5-7-13(11)16-10(2)8-9-12(14(16)17)15(18)19/h4-9H,3H2,1-2H3,(H,18,19). The van der Waals surface area contributed by atoms with Crippen LogP contribution in [-0.4, -0.2) is 15.6 Å². The second kappa shape index (κ2) is 5.10. The second-order valence-electron chi connectivity index (χ2n) is 4.32. The average Bonchev–Trinajstić information content (AvgIpc) is 2.39. The van der Waals surface area contributed by atoms with Gasteiger partial charge in [-0.2, -0.15) is 0 Å². The van der Waals surface area contributed by atoms with Gasteiger partial charge in [0, 0.05) is 5.69 Å². The molecule has 19 heavy (non-hydrogen) atoms. The maximum absolute atomic E-state index is 12.3. The summed E-state index contributed by atoms with van der Waals surface area (Å²) in [6, 6.07) is 10.5. The van der Waals surface area contributed by atoms with Gasteiger partial charge in [0.25, 0.3) is 5.56 Å². The summed E-state index contributed by atoms with van der Waals surface area (Å²) in [5.41, 5.74) is 1.77. The number of rotatable bonds is 3. The number of pyridine rings is 1. The number of aryl methyl sites for hydroxylation is 2. The Morgan fingerprint density at radius 3 is 2.53 bits per heavy atom. The van der Waals surface area contributed by atoms with Crippen LogP contribution >= 0.6 is 0 Å². The van der Waals surface area contributed by atoms with Crippen LogP contribution in [0, 0.1) is 6.92 Å². The van der Waals surface area contributed by atoms with E-state index in [9.17, 15) is 9.59 Å². The lowest BCUT2D eigenvalue weighted by Gasteiger charge is -2.14. The molecule has 0 bridgehead atoms. The smallest absolute Gasteiger partial charge is 0.341 e. The fourth-order valence-corrected chi connectivity index (χ4v) is 2.12. The van der Waals surface area contributed by atoms with Crippen LogP contribution in [0.15, 0.2) is 41.2 Å². The van der Waals surface area contributed by atoms with Crippen LogP contribution < -0.4 is 5.56 Å². The van der Waals surface area contributed by atoms with Crippen molar-refractivity contribution in [3.05, 3.63) is 63.6 Å². The summed E-state index contributed by atoms with van der Waals surface area (Å²) in [4.78, 5) is 23.3. The van der Waals surface area contributed by atoms with E-state index >= 15 is 0 Å². The van der Waals surface area contributed by atoms with Gasteiger partial charge in [-0.3, -0.25) is 9.36 Å². The topological polar surface area (TPSA) is 59.3 Å². The minimum absolute atomic E-state index is 0.212. The molecule has 0 spiro atoms. The molecule has 1 aromatic carbocycles. The van der Waals surface area contributed by atoms with E-state index in [1.807, 2.05) is 31.2 Å². The van der Waals surface area contributed by atoms with E-state index in [2.05, 4.69) is 0 Å². The highest BCUT2D eigenvalue weighted by molar-refractivity contribution is 5.87. The number of carboxylic acid groups (broad SMARTS) is 1. The first-order chi connectivity index (χ1) is 9.06. The van der Waals surface area contributed by atoms with Crippen molar-refractivity contribution in [2.24, 2.45) is 0 Å². The number of aromatic nitrogens is 1. The summed E-state index contributed by atoms with van der Waals surface area (Å²) in [5, 5.41) is 9.04. The van der Waals surface area contributed by atoms with E-state index in [4.69, 9.17) is 5.11 Å². The number of hydrogen-bond donors (Lipinski definition) is 1. The number of benzene rings is 1. The van der Waals surface area contributed by atoms with Crippen LogP contribution in [0.5, 0.6) is 0 Å². The van der Waals surface area contributed by atoms with Gasteiger partial charge >= 0.3 is 5.97 Å². The highest BCUT2D eigenvalue weighted by atomic mass is 16.4. The summed E-state index contributed by atoms with van der Waals surface area (Å²) >= 11 is 0. The molecular formula is C15H15NO3. The molecule has 1 N–H and O–H groups in total. The van der Waals surface area contributed by atoms with Crippen molar-refractivity contribution in [1.29, 1.82) is 0 Å². The van der Waals surface area contributed by atoms with Crippen molar-refractivity contribution >= 4 is 5.97 Å². The summed E-state index contributed by atoms with van der Waals surface area (Å²) in [6.07, 6.45) is 0.777. The lowest BCUT2D eigenvalue weighted by atomic mass is 10.1. The molecule has 0 amide bonds. The highest BCUT2D eigenvalue weighted by Crippen LogP contribution is 2.15. The Labute approximate surface area is 110 Å². The molecule has 0 fully saturated rings. The largest absolute Gasteiger partial charge is 0.477 e. The Morgan fingerprint density at radius 2 is 1.89 bits per heavy atom. The van der Waals surface area contributed by atoms with Gasteiger partial charge in [-0.05, 0) is 37.1 Å². The van der Waals surface area contributed by atoms with Crippen LogP contribution in [-0.2, 0) is 6.42 Å². The lowest BCUT2D eigenvalue weighted by molar-refractivity contribution is 0.0694. The molecule has 1 aromatic heterocycles. The van der Waals surface area contributed by atoms with Gasteiger partial charge in [0.15, 0.2) is 0 Å². The van der Waals surface area contributed by atoms with E-state index in [0.717, 1.165) is 23.4 Å². The third kappa shape index (κ3) is 2.29. The van der Waals surface area contributed by atoms with Gasteiger partial charge in [0.05, 0.1) is 5.69 Å². The molecule has 0 saturated heterocycles. The molecule has 1 heterocycles. The van der Waals surface area contributed by atoms with Gasteiger partial charge in [-0.1, -0.05) is 25.1 Å². The van der Waals surface area contributed by atoms with Crippen LogP contribution in [0.25, 0.3) is 5.69 Å². The maximum Gasteiger partial charge on any atom is 0.341 e. The third-order valence-corrected chi connectivity index (χ3v) is 3.12. The maximum atomic E-state index is 12.3. The van der Waals surface area contributed by atoms with Crippen molar-refractivity contribution in [1.82, 2.24) is 4.57 Å². The third-order valence-electron chi connectivity index (χ3n) is 3.12. The van der Waals surface area contributed by atoms with Gasteiger partial charge in [-0.25, -0.2) is 4.79 Å². The number of carboxylic acids is 1. The molecule has 0 saturated carbocycles. The summed E-state index contributed by atoms with van der Waals surface area (Å²) in [6.45, 7) is 3.79. The van der Waals surface area contributed by atoms with Gasteiger partial charge in [-0.15, -0.1) is 0 Å². The molecule has 0 radical (unpaired) electrons. The Kier molecular flexibility index (Phi) is 3.51. The van der Waals surface area contributed by atoms with Gasteiger partial charge in [0.1, 0.15) is 5.56 Å². The lowest BCUT2D eigenvalue weighted by Crippen LogP contribution is -2.27. The molecule has 4 nitrogen and oxygen atoms in total. The molecule has 98 valence electrons. The van der Waals surface area contributed by atoms with Crippen molar-refractivity contribution < 1.29 is 9.90 Å². The van der Waals surface area contributed by atoms with Crippen LogP contribution in [0.1, 0.15) is 28.5 Å². The minimum Gasteiger partial charge on any atom is -0.477 e. The number of carbonyl (C=O) groups is 1. The zero-order valence-electron chi connectivity index (χ0n) is 10.9. The first-order valence-corrected chi connectivity index (χ1v) is 6.10. The van der Waals surface area contributed by atoms with Crippen LogP contribution in [0.2, 0.25) is 0 Å². The van der Waals surface area contributed by atoms with Gasteiger partial charge < -0.3 is 5.11 Å². The number of aromatic carboxylic acids is 1. The van der Waals surface area contributed by atoms with E-state index in [-0.39, 0.29) is 5.56 Å². The predicted octanol–water partition coefficient (Wildman–Crippen LogP) is 2.41. The first kappa shape index (κ1) is 13.1. The van der Waals surface area contributed by atoms with E-state index in [1.54, 1.807) is 13.0 Å². The molecule has 0 unspecified atom stereocenters. The van der Waals surface area contributed by atoms with E-state index in [0.29, 0.717) is 0 Å². The van der Waals surface area contributed by atoms with Crippen molar-refractivity contribution in [3.63, 3.8) is 0 Å². The quantitative estimate of drug-likeness (QED) is 0.918. The molecule has 2 aromatic rings. The Bertz CT molecular complexity index is 686. The SMILES string of the molecule is CCc1ccccc1-n1c(C)ccc(C(=O)O)c1=O. The van der Waals surface area contributed by atoms with Crippen molar-refractivity contribution in [2.75, 3.05) is 0 Å². The van der Waals surface area contributed by atoms with Crippen LogP contribution in [0.3, 0.4) is 0 Å². The van der Waals surface area contributed by atoms with Crippen molar-refractivity contribution in [3.8, 4) is 5.69 Å². The average molecular weight is 257 g/mol. The number of nitrogens with zero attached hydrogens (tertiary/aromatic N) is 1. The predicted molar refractivity (Wildman–Crippen MR) is 73.1 cm³/mol. The van der Waals surface area contributed by atoms with Gasteiger partial charge in [0.2, 0.25) is 0 Å². The minimum atomic E-state index is -1.20. The molecule has 0 atom stereocenters. The summed E-state index contributed by atoms with van der Waals surface area (Å²) in [5.74, 6) is -1.20. The molecular weight excluding hydrogens is 242 g/mol. The Morgan fingerprint density at radius 1 is 1.21 bits per heavy atom. The zero-order valence-corrected chi connectivity index (χ0v) is 10.9. The Hall–Kier alpha value is -2.36. The number of hydrogen-bond acceptors (Lipinski definition) is 2. The second-order valence-corrected chi connectivity index (χ2v) is 4.32. The number of para-hydroxylation sites is 1. The van der Waals surface area contributed by atoms with E-state index in [1.165, 1.54) is 10.6 Å². The molecule has 4 heteroatoms. The normalized spacial score (nSPS) is 10.4. The fourth-order valence-electron chi connectivity index (χ4n) is 2.12. The fraction of sp³-hybridized carbons (Fsp3) is 0.200. The Balaban J connectivity index is 2.79.